The van der Waals surface area contributed by atoms with Crippen LogP contribution in [0.1, 0.15) is 39.0 Å². The summed E-state index contributed by atoms with van der Waals surface area (Å²) in [7, 11) is 2.00. The maximum atomic E-state index is 5.70. The second kappa shape index (κ2) is 10.7. The first-order chi connectivity index (χ1) is 9.36. The van der Waals surface area contributed by atoms with Gasteiger partial charge in [-0.1, -0.05) is 19.8 Å². The van der Waals surface area contributed by atoms with Crippen LogP contribution in [0.25, 0.3) is 0 Å². The molecule has 0 heterocycles. The summed E-state index contributed by atoms with van der Waals surface area (Å²) in [6.45, 7) is 4.79. The molecule has 108 valence electrons. The third kappa shape index (κ3) is 7.73. The van der Waals surface area contributed by atoms with E-state index >= 15 is 0 Å². The summed E-state index contributed by atoms with van der Waals surface area (Å²) in [4.78, 5) is 0. The van der Waals surface area contributed by atoms with Gasteiger partial charge in [-0.25, -0.2) is 0 Å². The summed E-state index contributed by atoms with van der Waals surface area (Å²) in [5.74, 6) is 1.85. The lowest BCUT2D eigenvalue weighted by atomic mass is 10.2. The molecule has 0 aliphatic rings. The van der Waals surface area contributed by atoms with Crippen LogP contribution in [0.4, 0.5) is 0 Å². The molecule has 0 aliphatic heterocycles. The van der Waals surface area contributed by atoms with Crippen LogP contribution in [-0.2, 0) is 0 Å². The molecule has 3 nitrogen and oxygen atoms in total. The van der Waals surface area contributed by atoms with Gasteiger partial charge in [-0.3, -0.25) is 0 Å². The van der Waals surface area contributed by atoms with Gasteiger partial charge in [-0.05, 0) is 57.1 Å². The number of hydrogen-bond acceptors (Lipinski definition) is 3. The second-order valence-electron chi connectivity index (χ2n) is 4.69. The molecule has 3 heteroatoms. The molecular formula is C16H27NO2. The molecule has 1 aromatic rings. The minimum Gasteiger partial charge on any atom is -0.494 e. The van der Waals surface area contributed by atoms with Crippen molar-refractivity contribution in [2.45, 2.75) is 39.0 Å². The van der Waals surface area contributed by atoms with Gasteiger partial charge in [-0.2, -0.15) is 0 Å². The number of unbranched alkanes of at least 4 members (excludes halogenated alkanes) is 3. The Balaban J connectivity index is 2.09. The van der Waals surface area contributed by atoms with Gasteiger partial charge in [0.15, 0.2) is 0 Å². The fourth-order valence-corrected chi connectivity index (χ4v) is 1.80. The number of ether oxygens (including phenoxy) is 2. The zero-order valence-electron chi connectivity index (χ0n) is 12.3. The normalized spacial score (nSPS) is 10.4. The van der Waals surface area contributed by atoms with E-state index in [1.165, 1.54) is 19.3 Å². The van der Waals surface area contributed by atoms with Gasteiger partial charge in [0, 0.05) is 0 Å². The van der Waals surface area contributed by atoms with Crippen molar-refractivity contribution in [3.63, 3.8) is 0 Å². The monoisotopic (exact) mass is 265 g/mol. The van der Waals surface area contributed by atoms with Crippen molar-refractivity contribution >= 4 is 0 Å². The van der Waals surface area contributed by atoms with Crippen molar-refractivity contribution in [1.29, 1.82) is 0 Å². The Hall–Kier alpha value is -1.22. The highest BCUT2D eigenvalue weighted by Crippen LogP contribution is 2.18. The van der Waals surface area contributed by atoms with E-state index in [-0.39, 0.29) is 0 Å². The zero-order chi connectivity index (χ0) is 13.8. The Bertz CT molecular complexity index is 311. The second-order valence-corrected chi connectivity index (χ2v) is 4.69. The van der Waals surface area contributed by atoms with E-state index < -0.39 is 0 Å². The Morgan fingerprint density at radius 1 is 0.842 bits per heavy atom. The van der Waals surface area contributed by atoms with Gasteiger partial charge in [0.2, 0.25) is 0 Å². The van der Waals surface area contributed by atoms with Crippen molar-refractivity contribution in [2.24, 2.45) is 0 Å². The van der Waals surface area contributed by atoms with Gasteiger partial charge in [0.05, 0.1) is 13.2 Å². The van der Waals surface area contributed by atoms with Crippen molar-refractivity contribution in [2.75, 3.05) is 26.8 Å². The Labute approximate surface area is 117 Å². The van der Waals surface area contributed by atoms with Gasteiger partial charge in [0.1, 0.15) is 11.5 Å². The van der Waals surface area contributed by atoms with Crippen LogP contribution >= 0.6 is 0 Å². The molecule has 1 aromatic carbocycles. The largest absolute Gasteiger partial charge is 0.494 e. The highest BCUT2D eigenvalue weighted by Gasteiger charge is 1.96. The first kappa shape index (κ1) is 15.8. The van der Waals surface area contributed by atoms with Crippen molar-refractivity contribution in [1.82, 2.24) is 5.32 Å². The molecule has 0 atom stereocenters. The minimum atomic E-state index is 0.771. The molecule has 0 saturated heterocycles. The average Bonchev–Trinajstić information content (AvgIpc) is 2.45. The SMILES string of the molecule is CCCOc1ccc(OCCCCCCNC)cc1. The third-order valence-electron chi connectivity index (χ3n) is 2.89. The van der Waals surface area contributed by atoms with E-state index in [1.54, 1.807) is 0 Å². The van der Waals surface area contributed by atoms with Crippen molar-refractivity contribution in [3.05, 3.63) is 24.3 Å². The molecule has 0 saturated carbocycles. The van der Waals surface area contributed by atoms with Gasteiger partial charge >= 0.3 is 0 Å². The molecule has 0 aliphatic carbocycles. The van der Waals surface area contributed by atoms with Crippen LogP contribution in [0.2, 0.25) is 0 Å². The Morgan fingerprint density at radius 2 is 1.42 bits per heavy atom. The molecule has 0 aromatic heterocycles. The predicted octanol–water partition coefficient (Wildman–Crippen LogP) is 3.63. The topological polar surface area (TPSA) is 30.5 Å². The van der Waals surface area contributed by atoms with E-state index in [4.69, 9.17) is 9.47 Å². The van der Waals surface area contributed by atoms with Crippen LogP contribution < -0.4 is 14.8 Å². The van der Waals surface area contributed by atoms with Crippen LogP contribution in [0.3, 0.4) is 0 Å². The van der Waals surface area contributed by atoms with E-state index in [2.05, 4.69) is 12.2 Å². The Morgan fingerprint density at radius 3 is 2.00 bits per heavy atom. The summed E-state index contributed by atoms with van der Waals surface area (Å²) in [5, 5.41) is 3.16. The van der Waals surface area contributed by atoms with Crippen LogP contribution in [-0.4, -0.2) is 26.8 Å². The molecule has 0 bridgehead atoms. The molecule has 0 fully saturated rings. The van der Waals surface area contributed by atoms with E-state index in [0.717, 1.165) is 44.1 Å². The number of rotatable bonds is 11. The van der Waals surface area contributed by atoms with Crippen LogP contribution in [0.15, 0.2) is 24.3 Å². The fraction of sp³-hybridized carbons (Fsp3) is 0.625. The lowest BCUT2D eigenvalue weighted by Gasteiger charge is -2.08. The molecule has 0 spiro atoms. The van der Waals surface area contributed by atoms with Crippen LogP contribution in [0, 0.1) is 0 Å². The predicted molar refractivity (Wildman–Crippen MR) is 80.1 cm³/mol. The van der Waals surface area contributed by atoms with Crippen molar-refractivity contribution < 1.29 is 9.47 Å². The quantitative estimate of drug-likeness (QED) is 0.620. The van der Waals surface area contributed by atoms with Crippen LogP contribution in [0.5, 0.6) is 11.5 Å². The molecule has 0 amide bonds. The zero-order valence-corrected chi connectivity index (χ0v) is 12.3. The minimum absolute atomic E-state index is 0.771. The van der Waals surface area contributed by atoms with E-state index in [0.29, 0.717) is 0 Å². The fourth-order valence-electron chi connectivity index (χ4n) is 1.80. The first-order valence-electron chi connectivity index (χ1n) is 7.37. The number of nitrogens with one attached hydrogen (secondary N) is 1. The summed E-state index contributed by atoms with van der Waals surface area (Å²) in [6.07, 6.45) is 5.91. The summed E-state index contributed by atoms with van der Waals surface area (Å²) < 4.78 is 11.2. The lowest BCUT2D eigenvalue weighted by molar-refractivity contribution is 0.300. The molecule has 19 heavy (non-hydrogen) atoms. The standard InChI is InChI=1S/C16H27NO2/c1-3-13-18-15-8-10-16(11-9-15)19-14-7-5-4-6-12-17-2/h8-11,17H,3-7,12-14H2,1-2H3. The smallest absolute Gasteiger partial charge is 0.119 e. The summed E-state index contributed by atoms with van der Waals surface area (Å²) in [6, 6.07) is 7.90. The van der Waals surface area contributed by atoms with Gasteiger partial charge in [-0.15, -0.1) is 0 Å². The highest BCUT2D eigenvalue weighted by atomic mass is 16.5. The molecule has 1 rings (SSSR count). The van der Waals surface area contributed by atoms with E-state index in [9.17, 15) is 0 Å². The molecule has 1 N–H and O–H groups in total. The maximum Gasteiger partial charge on any atom is 0.119 e. The van der Waals surface area contributed by atoms with Crippen molar-refractivity contribution in [3.8, 4) is 11.5 Å². The van der Waals surface area contributed by atoms with E-state index in [1.807, 2.05) is 31.3 Å². The molecule has 0 unspecified atom stereocenters. The Kier molecular flexibility index (Phi) is 8.90. The molecular weight excluding hydrogens is 238 g/mol. The summed E-state index contributed by atoms with van der Waals surface area (Å²) in [5.41, 5.74) is 0. The average molecular weight is 265 g/mol. The number of hydrogen-bond donors (Lipinski definition) is 1. The third-order valence-corrected chi connectivity index (χ3v) is 2.89. The van der Waals surface area contributed by atoms with Gasteiger partial charge < -0.3 is 14.8 Å². The van der Waals surface area contributed by atoms with Gasteiger partial charge in [0.25, 0.3) is 0 Å². The summed E-state index contributed by atoms with van der Waals surface area (Å²) >= 11 is 0. The highest BCUT2D eigenvalue weighted by molar-refractivity contribution is 5.31. The lowest BCUT2D eigenvalue weighted by Crippen LogP contribution is -2.07. The number of benzene rings is 1. The first-order valence-corrected chi connectivity index (χ1v) is 7.37. The maximum absolute atomic E-state index is 5.70. The molecule has 0 radical (unpaired) electrons.